The van der Waals surface area contributed by atoms with Crippen molar-refractivity contribution in [3.05, 3.63) is 71.3 Å². The zero-order valence-electron chi connectivity index (χ0n) is 24.2. The third-order valence-electron chi connectivity index (χ3n) is 8.85. The monoisotopic (exact) mass is 607 g/mol. The van der Waals surface area contributed by atoms with Gasteiger partial charge in [-0.05, 0) is 67.3 Å². The Kier molecular flexibility index (Phi) is 7.35. The minimum absolute atomic E-state index is 0.000454. The number of nitrogens with zero attached hydrogens (tertiary/aromatic N) is 4. The molecule has 0 radical (unpaired) electrons. The van der Waals surface area contributed by atoms with E-state index < -0.39 is 21.5 Å². The summed E-state index contributed by atoms with van der Waals surface area (Å²) >= 11 is 0. The summed E-state index contributed by atoms with van der Waals surface area (Å²) in [4.78, 5) is 11.4. The van der Waals surface area contributed by atoms with Crippen LogP contribution < -0.4 is 10.2 Å². The summed E-state index contributed by atoms with van der Waals surface area (Å²) in [6, 6.07) is 15.3. The Balaban J connectivity index is 1.08. The number of halogens is 2. The molecule has 3 fully saturated rings. The topological polar surface area (TPSA) is 81.9 Å². The highest BCUT2D eigenvalue weighted by Crippen LogP contribution is 2.35. The second kappa shape index (κ2) is 11.2. The van der Waals surface area contributed by atoms with Crippen molar-refractivity contribution in [1.29, 1.82) is 0 Å². The molecule has 3 aliphatic rings. The number of fused-ring (bicyclic) bond motifs is 1. The van der Waals surface area contributed by atoms with Crippen LogP contribution in [0.15, 0.2) is 52.9 Å². The van der Waals surface area contributed by atoms with Crippen LogP contribution in [-0.2, 0) is 16.4 Å². The first kappa shape index (κ1) is 28.2. The molecule has 7 rings (SSSR count). The van der Waals surface area contributed by atoms with E-state index in [4.69, 9.17) is 4.42 Å². The lowest BCUT2D eigenvalue weighted by Gasteiger charge is -2.37. The Hall–Kier alpha value is -3.54. The standard InChI is InChI=1S/C32H35F2N5O3S/c1-21-17-23(5-8-30(21)39-11-9-38(10-12-39)24-6-7-24)35-32-36-29-4-2-3-25(31(29)42-32)22-18-27(33)26(28(34)19-22)20-37-13-15-43(40,41)16-14-37/h2-5,8,17-19,24H,6-7,9-16,20H2,1H3,(H,35,36). The van der Waals surface area contributed by atoms with Gasteiger partial charge in [-0.3, -0.25) is 9.80 Å². The molecule has 0 spiro atoms. The van der Waals surface area contributed by atoms with E-state index in [1.165, 1.54) is 36.2 Å². The molecule has 0 bridgehead atoms. The van der Waals surface area contributed by atoms with Gasteiger partial charge in [-0.2, -0.15) is 4.98 Å². The van der Waals surface area contributed by atoms with Crippen LogP contribution in [0.1, 0.15) is 24.0 Å². The van der Waals surface area contributed by atoms with Crippen molar-refractivity contribution in [2.45, 2.75) is 32.4 Å². The first-order chi connectivity index (χ1) is 20.7. The average molecular weight is 608 g/mol. The number of anilines is 3. The van der Waals surface area contributed by atoms with E-state index >= 15 is 8.78 Å². The van der Waals surface area contributed by atoms with Crippen molar-refractivity contribution >= 4 is 38.3 Å². The average Bonchev–Trinajstić information content (AvgIpc) is 3.75. The normalized spacial score (nSPS) is 19.7. The molecule has 0 atom stereocenters. The zero-order valence-corrected chi connectivity index (χ0v) is 25.0. The highest BCUT2D eigenvalue weighted by Gasteiger charge is 2.31. The van der Waals surface area contributed by atoms with Gasteiger partial charge in [0.1, 0.15) is 17.2 Å². The Morgan fingerprint density at radius 3 is 2.35 bits per heavy atom. The van der Waals surface area contributed by atoms with Crippen LogP contribution >= 0.6 is 0 Å². The molecule has 4 aromatic rings. The second-order valence-corrected chi connectivity index (χ2v) is 14.2. The van der Waals surface area contributed by atoms with Gasteiger partial charge < -0.3 is 14.6 Å². The van der Waals surface area contributed by atoms with Crippen LogP contribution in [-0.4, -0.2) is 80.0 Å². The second-order valence-electron chi connectivity index (χ2n) is 11.9. The number of rotatable bonds is 7. The highest BCUT2D eigenvalue weighted by molar-refractivity contribution is 7.91. The molecule has 3 aromatic carbocycles. The molecular formula is C32H35F2N5O3S. The number of aromatic nitrogens is 1. The molecule has 1 aromatic heterocycles. The number of nitrogens with one attached hydrogen (secondary N) is 1. The molecule has 2 aliphatic heterocycles. The molecule has 226 valence electrons. The van der Waals surface area contributed by atoms with Crippen LogP contribution in [0.25, 0.3) is 22.2 Å². The van der Waals surface area contributed by atoms with Gasteiger partial charge in [-0.15, -0.1) is 0 Å². The van der Waals surface area contributed by atoms with Crippen LogP contribution in [0.2, 0.25) is 0 Å². The molecule has 2 saturated heterocycles. The van der Waals surface area contributed by atoms with Crippen molar-refractivity contribution in [2.75, 3.05) is 61.0 Å². The largest absolute Gasteiger partial charge is 0.423 e. The van der Waals surface area contributed by atoms with Crippen LogP contribution in [0.3, 0.4) is 0 Å². The number of sulfone groups is 1. The summed E-state index contributed by atoms with van der Waals surface area (Å²) in [5.41, 5.74) is 5.05. The third kappa shape index (κ3) is 5.98. The molecule has 1 N–H and O–H groups in total. The Bertz CT molecular complexity index is 1740. The number of piperazine rings is 1. The summed E-state index contributed by atoms with van der Waals surface area (Å²) in [6.07, 6.45) is 2.68. The SMILES string of the molecule is Cc1cc(Nc2nc3cccc(-c4cc(F)c(CN5CCS(=O)(=O)CC5)c(F)c4)c3o2)ccc1N1CCN(C2CC2)CC1. The van der Waals surface area contributed by atoms with E-state index in [1.807, 2.05) is 6.07 Å². The molecular weight excluding hydrogens is 572 g/mol. The van der Waals surface area contributed by atoms with Crippen LogP contribution in [0, 0.1) is 18.6 Å². The van der Waals surface area contributed by atoms with Gasteiger partial charge in [-0.25, -0.2) is 17.2 Å². The molecule has 3 heterocycles. The molecule has 1 saturated carbocycles. The molecule has 0 unspecified atom stereocenters. The van der Waals surface area contributed by atoms with Gasteiger partial charge in [-0.1, -0.05) is 12.1 Å². The summed E-state index contributed by atoms with van der Waals surface area (Å²) in [6.45, 7) is 6.92. The fourth-order valence-electron chi connectivity index (χ4n) is 6.25. The predicted octanol–water partition coefficient (Wildman–Crippen LogP) is 5.34. The van der Waals surface area contributed by atoms with Gasteiger partial charge >= 0.3 is 0 Å². The fourth-order valence-corrected chi connectivity index (χ4v) is 7.53. The minimum Gasteiger partial charge on any atom is -0.423 e. The number of benzene rings is 3. The summed E-state index contributed by atoms with van der Waals surface area (Å²) in [5, 5.41) is 3.26. The Morgan fingerprint density at radius 2 is 1.67 bits per heavy atom. The number of hydrogen-bond donors (Lipinski definition) is 1. The predicted molar refractivity (Wildman–Crippen MR) is 165 cm³/mol. The van der Waals surface area contributed by atoms with E-state index in [9.17, 15) is 8.42 Å². The van der Waals surface area contributed by atoms with Crippen molar-refractivity contribution < 1.29 is 21.6 Å². The summed E-state index contributed by atoms with van der Waals surface area (Å²) in [7, 11) is -3.08. The Morgan fingerprint density at radius 1 is 0.953 bits per heavy atom. The molecule has 1 aliphatic carbocycles. The number of aryl methyl sites for hydroxylation is 1. The van der Waals surface area contributed by atoms with E-state index in [-0.39, 0.29) is 36.7 Å². The lowest BCUT2D eigenvalue weighted by molar-refractivity contribution is 0.248. The zero-order chi connectivity index (χ0) is 29.7. The van der Waals surface area contributed by atoms with E-state index in [0.717, 1.165) is 37.9 Å². The first-order valence-electron chi connectivity index (χ1n) is 14.9. The smallest absolute Gasteiger partial charge is 0.300 e. The number of oxazole rings is 1. The lowest BCUT2D eigenvalue weighted by atomic mass is 10.0. The molecule has 8 nitrogen and oxygen atoms in total. The van der Waals surface area contributed by atoms with E-state index in [1.54, 1.807) is 23.1 Å². The van der Waals surface area contributed by atoms with Gasteiger partial charge in [0.25, 0.3) is 6.01 Å². The first-order valence-corrected chi connectivity index (χ1v) is 16.7. The van der Waals surface area contributed by atoms with Crippen LogP contribution in [0.4, 0.5) is 26.2 Å². The molecule has 11 heteroatoms. The summed E-state index contributed by atoms with van der Waals surface area (Å²) in [5.74, 6) is -1.36. The van der Waals surface area contributed by atoms with Crippen molar-refractivity contribution in [1.82, 2.24) is 14.8 Å². The Labute approximate surface area is 250 Å². The van der Waals surface area contributed by atoms with Crippen LogP contribution in [0.5, 0.6) is 0 Å². The number of para-hydroxylation sites is 1. The van der Waals surface area contributed by atoms with Gasteiger partial charge in [0, 0.05) is 74.4 Å². The number of hydrogen-bond acceptors (Lipinski definition) is 8. The summed E-state index contributed by atoms with van der Waals surface area (Å²) < 4.78 is 59.9. The maximum atomic E-state index is 15.2. The van der Waals surface area contributed by atoms with Crippen molar-refractivity contribution in [2.24, 2.45) is 0 Å². The maximum Gasteiger partial charge on any atom is 0.300 e. The fraction of sp³-hybridized carbons (Fsp3) is 0.406. The van der Waals surface area contributed by atoms with Crippen molar-refractivity contribution in [3.8, 4) is 11.1 Å². The quantitative estimate of drug-likeness (QED) is 0.302. The molecule has 43 heavy (non-hydrogen) atoms. The third-order valence-corrected chi connectivity index (χ3v) is 10.5. The lowest BCUT2D eigenvalue weighted by Crippen LogP contribution is -2.47. The maximum absolute atomic E-state index is 15.2. The van der Waals surface area contributed by atoms with Gasteiger partial charge in [0.15, 0.2) is 15.4 Å². The minimum atomic E-state index is -3.08. The van der Waals surface area contributed by atoms with E-state index in [2.05, 4.69) is 39.2 Å². The van der Waals surface area contributed by atoms with Gasteiger partial charge in [0.05, 0.1) is 11.5 Å². The van der Waals surface area contributed by atoms with E-state index in [0.29, 0.717) is 28.2 Å². The van der Waals surface area contributed by atoms with Gasteiger partial charge in [0.2, 0.25) is 0 Å². The highest BCUT2D eigenvalue weighted by atomic mass is 32.2. The molecule has 0 amide bonds. The van der Waals surface area contributed by atoms with Crippen molar-refractivity contribution in [3.63, 3.8) is 0 Å².